The van der Waals surface area contributed by atoms with Gasteiger partial charge in [-0.05, 0) is 23.6 Å². The van der Waals surface area contributed by atoms with Crippen molar-refractivity contribution in [3.05, 3.63) is 24.3 Å². The fourth-order valence-corrected chi connectivity index (χ4v) is 3.15. The van der Waals surface area contributed by atoms with Crippen LogP contribution >= 0.6 is 0 Å². The maximum absolute atomic E-state index is 11.3. The first kappa shape index (κ1) is 16.5. The molecule has 0 amide bonds. The molecule has 0 fully saturated rings. The minimum atomic E-state index is -4.51. The molecule has 0 saturated heterocycles. The average Bonchev–Trinajstić information content (AvgIpc) is 2.42. The first-order valence-corrected chi connectivity index (χ1v) is 8.74. The van der Waals surface area contributed by atoms with Crippen molar-refractivity contribution in [1.82, 2.24) is 0 Å². The van der Waals surface area contributed by atoms with Crippen LogP contribution in [0.2, 0.25) is 0 Å². The number of hydrogen-bond acceptors (Lipinski definition) is 6. The zero-order chi connectivity index (χ0) is 16.7. The van der Waals surface area contributed by atoms with E-state index in [2.05, 4.69) is 5.32 Å². The Morgan fingerprint density at radius 1 is 0.955 bits per heavy atom. The second-order valence-corrected chi connectivity index (χ2v) is 7.24. The molecule has 2 aromatic carbocycles. The molecule has 10 heteroatoms. The lowest BCUT2D eigenvalue weighted by molar-refractivity contribution is 0.417. The number of fused-ring (bicyclic) bond motifs is 1. The van der Waals surface area contributed by atoms with Crippen molar-refractivity contribution in [3.63, 3.8) is 0 Å². The van der Waals surface area contributed by atoms with Gasteiger partial charge >= 0.3 is 0 Å². The fourth-order valence-electron chi connectivity index (χ4n) is 2.08. The van der Waals surface area contributed by atoms with Crippen LogP contribution in [0.4, 0.5) is 5.69 Å². The van der Waals surface area contributed by atoms with Gasteiger partial charge in [0.05, 0.1) is 16.9 Å². The molecule has 2 aromatic rings. The number of methoxy groups -OCH3 is 1. The zero-order valence-corrected chi connectivity index (χ0v) is 13.2. The van der Waals surface area contributed by atoms with E-state index in [1.807, 2.05) is 0 Å². The average molecular weight is 347 g/mol. The van der Waals surface area contributed by atoms with Crippen molar-refractivity contribution < 1.29 is 30.7 Å². The lowest BCUT2D eigenvalue weighted by Crippen LogP contribution is -2.03. The highest BCUT2D eigenvalue weighted by Gasteiger charge is 2.19. The number of rotatable bonds is 4. The molecule has 0 aliphatic heterocycles. The third kappa shape index (κ3) is 2.99. The molecule has 2 rings (SSSR count). The van der Waals surface area contributed by atoms with Crippen LogP contribution in [0.1, 0.15) is 0 Å². The summed E-state index contributed by atoms with van der Waals surface area (Å²) < 4.78 is 68.6. The van der Waals surface area contributed by atoms with E-state index in [9.17, 15) is 16.8 Å². The van der Waals surface area contributed by atoms with Gasteiger partial charge in [0.1, 0.15) is 5.75 Å². The van der Waals surface area contributed by atoms with E-state index in [-0.39, 0.29) is 11.1 Å². The van der Waals surface area contributed by atoms with Gasteiger partial charge in [0.2, 0.25) is 0 Å². The number of ether oxygens (including phenoxy) is 1. The molecular formula is C12H13NO7S2. The van der Waals surface area contributed by atoms with Gasteiger partial charge in [-0.15, -0.1) is 0 Å². The highest BCUT2D eigenvalue weighted by atomic mass is 32.2. The first-order chi connectivity index (χ1) is 10.1. The molecule has 22 heavy (non-hydrogen) atoms. The molecule has 0 spiro atoms. The van der Waals surface area contributed by atoms with E-state index >= 15 is 0 Å². The summed E-state index contributed by atoms with van der Waals surface area (Å²) in [6.45, 7) is 0. The van der Waals surface area contributed by atoms with Gasteiger partial charge in [-0.3, -0.25) is 9.11 Å². The van der Waals surface area contributed by atoms with E-state index in [0.717, 1.165) is 18.2 Å². The summed E-state index contributed by atoms with van der Waals surface area (Å²) in [6, 6.07) is 4.48. The van der Waals surface area contributed by atoms with Gasteiger partial charge in [0, 0.05) is 24.2 Å². The summed E-state index contributed by atoms with van der Waals surface area (Å²) in [6.07, 6.45) is 0. The minimum Gasteiger partial charge on any atom is -0.496 e. The predicted molar refractivity (Wildman–Crippen MR) is 79.7 cm³/mol. The van der Waals surface area contributed by atoms with Gasteiger partial charge in [0.25, 0.3) is 20.2 Å². The van der Waals surface area contributed by atoms with Crippen molar-refractivity contribution in [2.75, 3.05) is 19.5 Å². The van der Waals surface area contributed by atoms with Crippen LogP contribution in [-0.4, -0.2) is 40.1 Å². The highest BCUT2D eigenvalue weighted by Crippen LogP contribution is 2.36. The summed E-state index contributed by atoms with van der Waals surface area (Å²) in [5, 5.41) is 3.31. The highest BCUT2D eigenvalue weighted by molar-refractivity contribution is 7.86. The van der Waals surface area contributed by atoms with Crippen LogP contribution in [0.15, 0.2) is 34.1 Å². The lowest BCUT2D eigenvalue weighted by Gasteiger charge is -2.13. The minimum absolute atomic E-state index is 0.122. The Balaban J connectivity index is 3.00. The summed E-state index contributed by atoms with van der Waals surface area (Å²) >= 11 is 0. The molecule has 8 nitrogen and oxygen atoms in total. The molecule has 0 heterocycles. The molecule has 0 bridgehead atoms. The van der Waals surface area contributed by atoms with Gasteiger partial charge in [-0.2, -0.15) is 16.8 Å². The van der Waals surface area contributed by atoms with Crippen molar-refractivity contribution >= 4 is 36.7 Å². The maximum atomic E-state index is 11.3. The van der Waals surface area contributed by atoms with E-state index in [1.54, 1.807) is 0 Å². The Morgan fingerprint density at radius 3 is 1.86 bits per heavy atom. The Hall–Kier alpha value is -1.88. The van der Waals surface area contributed by atoms with Crippen LogP contribution in [0, 0.1) is 0 Å². The summed E-state index contributed by atoms with van der Waals surface area (Å²) in [7, 11) is -6.16. The Morgan fingerprint density at radius 2 is 1.45 bits per heavy atom. The molecular weight excluding hydrogens is 334 g/mol. The van der Waals surface area contributed by atoms with E-state index in [4.69, 9.17) is 13.8 Å². The monoisotopic (exact) mass is 347 g/mol. The molecule has 0 saturated carbocycles. The third-order valence-corrected chi connectivity index (χ3v) is 4.71. The van der Waals surface area contributed by atoms with Crippen molar-refractivity contribution in [2.45, 2.75) is 9.79 Å². The van der Waals surface area contributed by atoms with Crippen LogP contribution < -0.4 is 10.1 Å². The van der Waals surface area contributed by atoms with Crippen molar-refractivity contribution in [2.24, 2.45) is 0 Å². The van der Waals surface area contributed by atoms with Crippen LogP contribution in [0.25, 0.3) is 10.8 Å². The van der Waals surface area contributed by atoms with Crippen LogP contribution in [0.5, 0.6) is 5.75 Å². The largest absolute Gasteiger partial charge is 0.496 e. The second-order valence-electron chi connectivity index (χ2n) is 4.39. The standard InChI is InChI=1S/C12H13NO7S2/c1-13-10-5-8(21(14,15)16)3-7-4-9(22(17,18)19)6-11(20-2)12(7)10/h3-6,13H,1-2H3,(H,14,15,16)(H,17,18,19). The van der Waals surface area contributed by atoms with Crippen molar-refractivity contribution in [3.8, 4) is 5.75 Å². The maximum Gasteiger partial charge on any atom is 0.294 e. The second kappa shape index (κ2) is 5.39. The van der Waals surface area contributed by atoms with Gasteiger partial charge < -0.3 is 10.1 Å². The number of anilines is 1. The predicted octanol–water partition coefficient (Wildman–Crippen LogP) is 1.38. The molecule has 0 unspecified atom stereocenters. The van der Waals surface area contributed by atoms with Gasteiger partial charge in [-0.25, -0.2) is 0 Å². The van der Waals surface area contributed by atoms with Crippen LogP contribution in [-0.2, 0) is 20.2 Å². The summed E-state index contributed by atoms with van der Waals surface area (Å²) in [4.78, 5) is -0.870. The SMILES string of the molecule is CNc1cc(S(=O)(=O)O)cc2cc(S(=O)(=O)O)cc(OC)c12. The first-order valence-electron chi connectivity index (χ1n) is 5.86. The molecule has 0 atom stereocenters. The van der Waals surface area contributed by atoms with Crippen LogP contribution in [0.3, 0.4) is 0 Å². The Kier molecular flexibility index (Phi) is 4.04. The van der Waals surface area contributed by atoms with E-state index in [1.165, 1.54) is 20.2 Å². The third-order valence-electron chi connectivity index (χ3n) is 3.04. The molecule has 0 aromatic heterocycles. The topological polar surface area (TPSA) is 130 Å². The number of nitrogens with one attached hydrogen (secondary N) is 1. The number of hydrogen-bond donors (Lipinski definition) is 3. The quantitative estimate of drug-likeness (QED) is 0.707. The normalized spacial score (nSPS) is 12.4. The molecule has 3 N–H and O–H groups in total. The van der Waals surface area contributed by atoms with E-state index < -0.39 is 30.0 Å². The van der Waals surface area contributed by atoms with Gasteiger partial charge in [0.15, 0.2) is 0 Å². The molecule has 0 aliphatic rings. The summed E-state index contributed by atoms with van der Waals surface area (Å²) in [5.74, 6) is 0.122. The Labute approximate surface area is 127 Å². The van der Waals surface area contributed by atoms with E-state index in [0.29, 0.717) is 11.1 Å². The molecule has 120 valence electrons. The summed E-state index contributed by atoms with van der Waals surface area (Å²) in [5.41, 5.74) is 0.309. The lowest BCUT2D eigenvalue weighted by atomic mass is 10.1. The zero-order valence-electron chi connectivity index (χ0n) is 11.6. The van der Waals surface area contributed by atoms with Crippen molar-refractivity contribution in [1.29, 1.82) is 0 Å². The Bertz CT molecular complexity index is 874. The molecule has 0 radical (unpaired) electrons. The smallest absolute Gasteiger partial charge is 0.294 e. The fraction of sp³-hybridized carbons (Fsp3) is 0.167. The van der Waals surface area contributed by atoms with Gasteiger partial charge in [-0.1, -0.05) is 0 Å². The molecule has 0 aliphatic carbocycles. The number of benzene rings is 2.